The number of H-pyrrole nitrogens is 1. The smallest absolute Gasteiger partial charge is 0.274 e. The lowest BCUT2D eigenvalue weighted by atomic mass is 9.89. The minimum Gasteiger partial charge on any atom is -0.342 e. The third-order valence-corrected chi connectivity index (χ3v) is 6.02. The van der Waals surface area contributed by atoms with E-state index in [-0.39, 0.29) is 11.5 Å². The number of aromatic nitrogens is 3. The van der Waals surface area contributed by atoms with Crippen molar-refractivity contribution < 1.29 is 4.79 Å². The van der Waals surface area contributed by atoms with Gasteiger partial charge in [0.05, 0.1) is 27.8 Å². The van der Waals surface area contributed by atoms with Crippen LogP contribution in [0.4, 0.5) is 0 Å². The maximum absolute atomic E-state index is 12.7. The van der Waals surface area contributed by atoms with Crippen molar-refractivity contribution in [1.82, 2.24) is 19.3 Å². The molecular formula is C21H25ClN4O2. The minimum absolute atomic E-state index is 0.146. The molecule has 148 valence electrons. The average Bonchev–Trinajstić information content (AvgIpc) is 3.15. The third-order valence-electron chi connectivity index (χ3n) is 5.70. The van der Waals surface area contributed by atoms with E-state index in [9.17, 15) is 9.59 Å². The maximum atomic E-state index is 12.7. The number of benzene rings is 1. The molecule has 1 aliphatic rings. The molecule has 0 spiro atoms. The van der Waals surface area contributed by atoms with Gasteiger partial charge in [0.25, 0.3) is 11.5 Å². The van der Waals surface area contributed by atoms with Crippen LogP contribution in [0.3, 0.4) is 0 Å². The van der Waals surface area contributed by atoms with Crippen LogP contribution in [0.5, 0.6) is 0 Å². The van der Waals surface area contributed by atoms with E-state index in [4.69, 9.17) is 11.6 Å². The summed E-state index contributed by atoms with van der Waals surface area (Å²) < 4.78 is 1.93. The summed E-state index contributed by atoms with van der Waals surface area (Å²) in [4.78, 5) is 34.5. The summed E-state index contributed by atoms with van der Waals surface area (Å²) in [6.45, 7) is 2.67. The predicted molar refractivity (Wildman–Crippen MR) is 111 cm³/mol. The van der Waals surface area contributed by atoms with Crippen LogP contribution in [0, 0.1) is 0 Å². The molecule has 1 N–H and O–H groups in total. The Bertz CT molecular complexity index is 1100. The molecule has 4 rings (SSSR count). The predicted octanol–water partition coefficient (Wildman–Crippen LogP) is 4.36. The van der Waals surface area contributed by atoms with Gasteiger partial charge in [-0.3, -0.25) is 14.0 Å². The Morgan fingerprint density at radius 2 is 2.04 bits per heavy atom. The van der Waals surface area contributed by atoms with Gasteiger partial charge in [0.2, 0.25) is 0 Å². The normalized spacial score (nSPS) is 15.4. The van der Waals surface area contributed by atoms with Crippen LogP contribution < -0.4 is 5.56 Å². The number of hydrogen-bond acceptors (Lipinski definition) is 3. The summed E-state index contributed by atoms with van der Waals surface area (Å²) in [5, 5.41) is 0.386. The van der Waals surface area contributed by atoms with Gasteiger partial charge >= 0.3 is 0 Å². The van der Waals surface area contributed by atoms with E-state index in [1.807, 2.05) is 11.3 Å². The summed E-state index contributed by atoms with van der Waals surface area (Å²) in [6, 6.07) is 3.47. The fourth-order valence-electron chi connectivity index (χ4n) is 4.27. The molecule has 1 fully saturated rings. The second kappa shape index (κ2) is 7.59. The third kappa shape index (κ3) is 3.20. The number of carbonyl (C=O) groups excluding carboxylic acids is 1. The molecule has 2 heterocycles. The molecule has 0 radical (unpaired) electrons. The Morgan fingerprint density at radius 1 is 1.29 bits per heavy atom. The fourth-order valence-corrected chi connectivity index (χ4v) is 4.51. The molecule has 1 aliphatic carbocycles. The topological polar surface area (TPSA) is 70.5 Å². The number of imidazole rings is 1. The molecular weight excluding hydrogens is 376 g/mol. The van der Waals surface area contributed by atoms with Gasteiger partial charge in [0, 0.05) is 19.5 Å². The van der Waals surface area contributed by atoms with Crippen LogP contribution >= 0.6 is 11.6 Å². The standard InChI is InChI=1S/C21H25ClN4O2/c1-3-9-25(2)21(28)14-10-16-17(11-15(14)22)26-18(20(27)24-16)12-23-19(26)13-7-5-4-6-8-13/h10-13H,3-9H2,1-2H3,(H,24,27). The zero-order chi connectivity index (χ0) is 19.8. The SMILES string of the molecule is CCCN(C)C(=O)c1cc2[nH]c(=O)c3cnc(C4CCCCC4)n3c2cc1Cl. The van der Waals surface area contributed by atoms with Crippen LogP contribution in [-0.4, -0.2) is 38.8 Å². The fraction of sp³-hybridized carbons (Fsp3) is 0.476. The Hall–Kier alpha value is -2.34. The molecule has 2 aromatic heterocycles. The number of amides is 1. The van der Waals surface area contributed by atoms with E-state index in [1.165, 1.54) is 19.3 Å². The van der Waals surface area contributed by atoms with Gasteiger partial charge in [-0.15, -0.1) is 0 Å². The van der Waals surface area contributed by atoms with Crippen LogP contribution in [-0.2, 0) is 0 Å². The maximum Gasteiger partial charge on any atom is 0.274 e. The number of nitrogens with zero attached hydrogens (tertiary/aromatic N) is 3. The second-order valence-corrected chi connectivity index (χ2v) is 8.11. The number of nitrogens with one attached hydrogen (secondary N) is 1. The molecule has 1 aromatic carbocycles. The van der Waals surface area contributed by atoms with Gasteiger partial charge in [-0.05, 0) is 31.4 Å². The minimum atomic E-state index is -0.204. The quantitative estimate of drug-likeness (QED) is 0.707. The summed E-state index contributed by atoms with van der Waals surface area (Å²) in [5.74, 6) is 1.12. The van der Waals surface area contributed by atoms with Gasteiger partial charge in [0.15, 0.2) is 0 Å². The van der Waals surface area contributed by atoms with Crippen molar-refractivity contribution >= 4 is 34.1 Å². The zero-order valence-corrected chi connectivity index (χ0v) is 17.1. The molecule has 0 aliphatic heterocycles. The van der Waals surface area contributed by atoms with Crippen molar-refractivity contribution in [2.24, 2.45) is 0 Å². The summed E-state index contributed by atoms with van der Waals surface area (Å²) >= 11 is 6.51. The molecule has 0 saturated heterocycles. The first-order chi connectivity index (χ1) is 13.5. The van der Waals surface area contributed by atoms with Crippen LogP contribution in [0.25, 0.3) is 16.6 Å². The molecule has 28 heavy (non-hydrogen) atoms. The molecule has 3 aromatic rings. The Balaban J connectivity index is 1.90. The van der Waals surface area contributed by atoms with E-state index < -0.39 is 0 Å². The van der Waals surface area contributed by atoms with E-state index in [0.29, 0.717) is 34.1 Å². The summed E-state index contributed by atoms with van der Waals surface area (Å²) in [5.41, 5.74) is 2.10. The van der Waals surface area contributed by atoms with Crippen molar-refractivity contribution in [2.75, 3.05) is 13.6 Å². The van der Waals surface area contributed by atoms with Crippen LogP contribution in [0.1, 0.15) is 67.5 Å². The lowest BCUT2D eigenvalue weighted by Crippen LogP contribution is -2.27. The Morgan fingerprint density at radius 3 is 2.75 bits per heavy atom. The number of hydrogen-bond donors (Lipinski definition) is 1. The van der Waals surface area contributed by atoms with Crippen LogP contribution in [0.2, 0.25) is 5.02 Å². The average molecular weight is 401 g/mol. The Labute approximate surface area is 168 Å². The number of fused-ring (bicyclic) bond motifs is 3. The lowest BCUT2D eigenvalue weighted by Gasteiger charge is -2.21. The van der Waals surface area contributed by atoms with Crippen molar-refractivity contribution in [3.05, 3.63) is 45.1 Å². The first-order valence-electron chi connectivity index (χ1n) is 9.99. The highest BCUT2D eigenvalue weighted by molar-refractivity contribution is 6.34. The molecule has 1 amide bonds. The van der Waals surface area contributed by atoms with E-state index in [2.05, 4.69) is 9.97 Å². The number of halogens is 1. The first-order valence-corrected chi connectivity index (χ1v) is 10.4. The summed E-state index contributed by atoms with van der Waals surface area (Å²) in [7, 11) is 1.76. The van der Waals surface area contributed by atoms with Crippen molar-refractivity contribution in [3.63, 3.8) is 0 Å². The van der Waals surface area contributed by atoms with Gasteiger partial charge in [-0.2, -0.15) is 0 Å². The van der Waals surface area contributed by atoms with Crippen molar-refractivity contribution in [2.45, 2.75) is 51.4 Å². The monoisotopic (exact) mass is 400 g/mol. The van der Waals surface area contributed by atoms with Crippen LogP contribution in [0.15, 0.2) is 23.1 Å². The molecule has 0 bridgehead atoms. The highest BCUT2D eigenvalue weighted by Gasteiger charge is 2.23. The largest absolute Gasteiger partial charge is 0.342 e. The lowest BCUT2D eigenvalue weighted by molar-refractivity contribution is 0.0795. The number of carbonyl (C=O) groups is 1. The molecule has 7 heteroatoms. The summed E-state index contributed by atoms with van der Waals surface area (Å²) in [6.07, 6.45) is 8.30. The molecule has 6 nitrogen and oxygen atoms in total. The van der Waals surface area contributed by atoms with E-state index >= 15 is 0 Å². The Kier molecular flexibility index (Phi) is 5.15. The van der Waals surface area contributed by atoms with Gasteiger partial charge in [-0.25, -0.2) is 4.98 Å². The van der Waals surface area contributed by atoms with Crippen molar-refractivity contribution in [1.29, 1.82) is 0 Å². The van der Waals surface area contributed by atoms with Gasteiger partial charge < -0.3 is 9.88 Å². The molecule has 0 unspecified atom stereocenters. The second-order valence-electron chi connectivity index (χ2n) is 7.70. The van der Waals surface area contributed by atoms with Gasteiger partial charge in [-0.1, -0.05) is 37.8 Å². The molecule has 1 saturated carbocycles. The van der Waals surface area contributed by atoms with Crippen molar-refractivity contribution in [3.8, 4) is 0 Å². The highest BCUT2D eigenvalue weighted by Crippen LogP contribution is 2.33. The van der Waals surface area contributed by atoms with E-state index in [1.54, 1.807) is 30.3 Å². The number of aromatic amines is 1. The zero-order valence-electron chi connectivity index (χ0n) is 16.3. The number of rotatable bonds is 4. The van der Waals surface area contributed by atoms with Gasteiger partial charge in [0.1, 0.15) is 11.3 Å². The first kappa shape index (κ1) is 19.0. The molecule has 0 atom stereocenters. The van der Waals surface area contributed by atoms with E-state index in [0.717, 1.165) is 30.6 Å². The highest BCUT2D eigenvalue weighted by atomic mass is 35.5.